The Morgan fingerprint density at radius 2 is 1.61 bits per heavy atom. The Kier molecular flexibility index (Phi) is 4.89. The number of anilines is 1. The lowest BCUT2D eigenvalue weighted by Gasteiger charge is -2.09. The van der Waals surface area contributed by atoms with Gasteiger partial charge in [-0.05, 0) is 12.1 Å². The molecule has 1 amide bonds. The van der Waals surface area contributed by atoms with Crippen molar-refractivity contribution in [3.8, 4) is 0 Å². The Balaban J connectivity index is 2.02. The number of carbonyl (C=O) groups excluding carboxylic acids is 2. The van der Waals surface area contributed by atoms with Gasteiger partial charge in [0.2, 0.25) is 0 Å². The van der Waals surface area contributed by atoms with Gasteiger partial charge >= 0.3 is 5.97 Å². The van der Waals surface area contributed by atoms with Gasteiger partial charge < -0.3 is 10.1 Å². The number of aromatic nitrogens is 1. The van der Waals surface area contributed by atoms with Gasteiger partial charge in [-0.3, -0.25) is 9.78 Å². The molecule has 1 heterocycles. The molecule has 2 aromatic rings. The van der Waals surface area contributed by atoms with Crippen molar-refractivity contribution in [2.24, 2.45) is 0 Å². The van der Waals surface area contributed by atoms with Gasteiger partial charge in [-0.2, -0.15) is 0 Å². The summed E-state index contributed by atoms with van der Waals surface area (Å²) in [4.78, 5) is 26.7. The van der Waals surface area contributed by atoms with Crippen molar-refractivity contribution in [2.45, 2.75) is 0 Å². The van der Waals surface area contributed by atoms with E-state index in [-0.39, 0.29) is 11.6 Å². The van der Waals surface area contributed by atoms with Crippen LogP contribution in [0.1, 0.15) is 10.4 Å². The topological polar surface area (TPSA) is 68.3 Å². The molecule has 23 heavy (non-hydrogen) atoms. The van der Waals surface area contributed by atoms with E-state index in [2.05, 4.69) is 9.72 Å². The number of carbonyl (C=O) groups is 2. The highest BCUT2D eigenvalue weighted by Gasteiger charge is 2.21. The van der Waals surface area contributed by atoms with Gasteiger partial charge in [0, 0.05) is 18.5 Å². The first-order valence-electron chi connectivity index (χ1n) is 6.10. The maximum absolute atomic E-state index is 13.4. The van der Waals surface area contributed by atoms with Crippen LogP contribution in [-0.2, 0) is 9.53 Å². The second kappa shape index (κ2) is 6.86. The van der Waals surface area contributed by atoms with Crippen molar-refractivity contribution in [1.29, 1.82) is 0 Å². The van der Waals surface area contributed by atoms with Crippen molar-refractivity contribution in [3.63, 3.8) is 0 Å². The maximum Gasteiger partial charge on any atom is 0.338 e. The number of rotatable bonds is 4. The molecule has 2 rings (SSSR count). The highest BCUT2D eigenvalue weighted by atomic mass is 19.2. The largest absolute Gasteiger partial charge is 0.452 e. The van der Waals surface area contributed by atoms with E-state index < -0.39 is 47.4 Å². The molecule has 120 valence electrons. The summed E-state index contributed by atoms with van der Waals surface area (Å²) in [7, 11) is 0. The molecule has 1 aromatic heterocycles. The van der Waals surface area contributed by atoms with Crippen LogP contribution in [0.15, 0.2) is 30.6 Å². The minimum atomic E-state index is -1.77. The minimum Gasteiger partial charge on any atom is -0.452 e. The molecule has 0 aliphatic heterocycles. The Morgan fingerprint density at radius 3 is 2.17 bits per heavy atom. The first-order chi connectivity index (χ1) is 10.9. The first kappa shape index (κ1) is 16.4. The fourth-order valence-corrected chi connectivity index (χ4v) is 1.56. The smallest absolute Gasteiger partial charge is 0.338 e. The van der Waals surface area contributed by atoms with E-state index in [0.717, 1.165) is 0 Å². The molecule has 0 spiro atoms. The van der Waals surface area contributed by atoms with Crippen molar-refractivity contribution < 1.29 is 31.9 Å². The lowest BCUT2D eigenvalue weighted by atomic mass is 10.2. The molecule has 0 saturated carbocycles. The third kappa shape index (κ3) is 3.82. The predicted molar refractivity (Wildman–Crippen MR) is 69.4 cm³/mol. The molecule has 0 radical (unpaired) electrons. The summed E-state index contributed by atoms with van der Waals surface area (Å²) in [6, 6.07) is 2.65. The van der Waals surface area contributed by atoms with E-state index in [9.17, 15) is 27.2 Å². The van der Waals surface area contributed by atoms with E-state index in [1.54, 1.807) is 5.32 Å². The van der Waals surface area contributed by atoms with Crippen molar-refractivity contribution in [3.05, 3.63) is 59.4 Å². The fourth-order valence-electron chi connectivity index (χ4n) is 1.56. The van der Waals surface area contributed by atoms with Crippen LogP contribution in [-0.4, -0.2) is 23.5 Å². The Bertz CT molecular complexity index is 727. The Hall–Kier alpha value is -2.97. The number of ether oxygens (including phenoxy) is 1. The number of nitrogens with one attached hydrogen (secondary N) is 1. The number of halogens is 4. The lowest BCUT2D eigenvalue weighted by Crippen LogP contribution is -2.22. The normalized spacial score (nSPS) is 10.3. The van der Waals surface area contributed by atoms with E-state index >= 15 is 0 Å². The zero-order valence-corrected chi connectivity index (χ0v) is 11.3. The van der Waals surface area contributed by atoms with Crippen LogP contribution in [0.4, 0.5) is 23.2 Å². The van der Waals surface area contributed by atoms with Crippen LogP contribution in [0.2, 0.25) is 0 Å². The number of hydrogen-bond donors (Lipinski definition) is 1. The van der Waals surface area contributed by atoms with Crippen LogP contribution in [0.3, 0.4) is 0 Å². The van der Waals surface area contributed by atoms with Gasteiger partial charge in [-0.1, -0.05) is 0 Å². The Labute approximate surface area is 126 Å². The van der Waals surface area contributed by atoms with E-state index in [0.29, 0.717) is 0 Å². The molecule has 0 aliphatic carbocycles. The average Bonchev–Trinajstić information content (AvgIpc) is 2.55. The second-order valence-corrected chi connectivity index (χ2v) is 4.20. The van der Waals surface area contributed by atoms with E-state index in [4.69, 9.17) is 0 Å². The summed E-state index contributed by atoms with van der Waals surface area (Å²) in [5.74, 6) is -8.93. The number of esters is 1. The van der Waals surface area contributed by atoms with Crippen LogP contribution in [0.5, 0.6) is 0 Å². The van der Waals surface area contributed by atoms with E-state index in [1.165, 1.54) is 24.5 Å². The third-order valence-corrected chi connectivity index (χ3v) is 2.63. The minimum absolute atomic E-state index is 0.00376. The van der Waals surface area contributed by atoms with Crippen LogP contribution >= 0.6 is 0 Å². The number of pyridine rings is 1. The third-order valence-electron chi connectivity index (χ3n) is 2.63. The van der Waals surface area contributed by atoms with Gasteiger partial charge in [0.25, 0.3) is 5.91 Å². The van der Waals surface area contributed by atoms with Crippen LogP contribution in [0, 0.1) is 23.3 Å². The molecular formula is C14H8F4N2O3. The fraction of sp³-hybridized carbons (Fsp3) is 0.0714. The SMILES string of the molecule is O=C(COC(=O)c1ccncc1)Nc1c(F)c(F)cc(F)c1F. The summed E-state index contributed by atoms with van der Waals surface area (Å²) in [6.07, 6.45) is 2.63. The van der Waals surface area contributed by atoms with Gasteiger partial charge in [-0.15, -0.1) is 0 Å². The van der Waals surface area contributed by atoms with Crippen LogP contribution < -0.4 is 5.32 Å². The van der Waals surface area contributed by atoms with Crippen LogP contribution in [0.25, 0.3) is 0 Å². The van der Waals surface area contributed by atoms with E-state index in [1.807, 2.05) is 0 Å². The number of amides is 1. The molecule has 5 nitrogen and oxygen atoms in total. The van der Waals surface area contributed by atoms with Gasteiger partial charge in [0.05, 0.1) is 5.56 Å². The second-order valence-electron chi connectivity index (χ2n) is 4.20. The predicted octanol–water partition coefficient (Wildman–Crippen LogP) is 2.43. The summed E-state index contributed by atoms with van der Waals surface area (Å²) < 4.78 is 57.3. The maximum atomic E-state index is 13.4. The average molecular weight is 328 g/mol. The van der Waals surface area contributed by atoms with Gasteiger partial charge in [0.15, 0.2) is 29.9 Å². The Morgan fingerprint density at radius 1 is 1.04 bits per heavy atom. The molecule has 9 heteroatoms. The van der Waals surface area contributed by atoms with Gasteiger partial charge in [0.1, 0.15) is 5.69 Å². The quantitative estimate of drug-likeness (QED) is 0.532. The molecule has 0 bridgehead atoms. The standard InChI is InChI=1S/C14H8F4N2O3/c15-8-5-9(16)12(18)13(11(8)17)20-10(21)6-23-14(22)7-1-3-19-4-2-7/h1-5H,6H2,(H,20,21). The molecule has 0 unspecified atom stereocenters. The lowest BCUT2D eigenvalue weighted by molar-refractivity contribution is -0.119. The zero-order valence-electron chi connectivity index (χ0n) is 11.3. The zero-order chi connectivity index (χ0) is 17.0. The highest BCUT2D eigenvalue weighted by Crippen LogP contribution is 2.23. The molecule has 0 atom stereocenters. The number of benzene rings is 1. The summed E-state index contributed by atoms with van der Waals surface area (Å²) in [6.45, 7) is -0.905. The summed E-state index contributed by atoms with van der Waals surface area (Å²) in [5.41, 5.74) is -1.20. The van der Waals surface area contributed by atoms with Crippen molar-refractivity contribution >= 4 is 17.6 Å². The molecular weight excluding hydrogens is 320 g/mol. The number of nitrogens with zero attached hydrogens (tertiary/aromatic N) is 1. The number of hydrogen-bond acceptors (Lipinski definition) is 4. The molecule has 1 N–H and O–H groups in total. The van der Waals surface area contributed by atoms with Gasteiger partial charge in [-0.25, -0.2) is 22.4 Å². The molecule has 0 fully saturated rings. The molecule has 0 aliphatic rings. The summed E-state index contributed by atoms with van der Waals surface area (Å²) in [5, 5.41) is 1.61. The first-order valence-corrected chi connectivity index (χ1v) is 6.10. The van der Waals surface area contributed by atoms with Crippen molar-refractivity contribution in [1.82, 2.24) is 4.98 Å². The molecule has 1 aromatic carbocycles. The monoisotopic (exact) mass is 328 g/mol. The highest BCUT2D eigenvalue weighted by molar-refractivity contribution is 5.95. The molecule has 0 saturated heterocycles. The summed E-state index contributed by atoms with van der Waals surface area (Å²) >= 11 is 0. The van der Waals surface area contributed by atoms with Crippen molar-refractivity contribution in [2.75, 3.05) is 11.9 Å².